The molecule has 2 heterocycles. The summed E-state index contributed by atoms with van der Waals surface area (Å²) in [6.07, 6.45) is 1.67. The number of phenolic OH excluding ortho intramolecular Hbond substituents is 1. The number of imidazole rings is 1. The Kier molecular flexibility index (Phi) is 6.67. The summed E-state index contributed by atoms with van der Waals surface area (Å²) in [7, 11) is 0. The maximum Gasteiger partial charge on any atom is 0.148 e. The molecule has 8 aromatic rings. The van der Waals surface area contributed by atoms with E-state index in [9.17, 15) is 5.11 Å². The van der Waals surface area contributed by atoms with Crippen LogP contribution in [0.3, 0.4) is 0 Å². The number of para-hydroxylation sites is 1. The predicted octanol–water partition coefficient (Wildman–Crippen LogP) is 15.1. The first-order chi connectivity index (χ1) is 37.5. The van der Waals surface area contributed by atoms with Crippen molar-refractivity contribution in [1.29, 1.82) is 0 Å². The van der Waals surface area contributed by atoms with Gasteiger partial charge in [0, 0.05) is 67.3 Å². The van der Waals surface area contributed by atoms with E-state index in [1.165, 1.54) is 22.8 Å². The van der Waals surface area contributed by atoms with Crippen molar-refractivity contribution in [3.05, 3.63) is 167 Å². The average Bonchev–Trinajstić information content (AvgIpc) is 1.12. The molecule has 4 nitrogen and oxygen atoms in total. The third kappa shape index (κ3) is 8.73. The third-order valence-electron chi connectivity index (χ3n) is 10.8. The van der Waals surface area contributed by atoms with Gasteiger partial charge < -0.3 is 5.11 Å². The van der Waals surface area contributed by atoms with Crippen molar-refractivity contribution in [2.45, 2.75) is 98.8 Å². The van der Waals surface area contributed by atoms with Gasteiger partial charge >= 0.3 is 0 Å². The van der Waals surface area contributed by atoms with Crippen LogP contribution >= 0.6 is 0 Å². The van der Waals surface area contributed by atoms with E-state index in [2.05, 4.69) is 24.3 Å². The summed E-state index contributed by atoms with van der Waals surface area (Å²) in [5, 5.41) is 12.9. The van der Waals surface area contributed by atoms with Crippen molar-refractivity contribution in [3.8, 4) is 67.5 Å². The van der Waals surface area contributed by atoms with E-state index in [1.807, 2.05) is 58.9 Å². The summed E-state index contributed by atoms with van der Waals surface area (Å²) in [4.78, 5) is 9.78. The second-order valence-electron chi connectivity index (χ2n) is 16.7. The second-order valence-corrected chi connectivity index (χ2v) is 16.7. The standard InChI is InChI=1S/C57H58N3O.Pt/c1-35-25-36(2)27-41(26-35)40-23-24-58-49(32-40)43-29-42(30-44(31-43)55(4,5)6)46-19-16-20-51-52(46)59-54(47-33-45(56(7,8)9)34-48(53(47)61)57(10,11)12)60(51)50-22-21-39(28-37(50)3)38-17-14-13-15-18-38;/h13-28,30-34,61H,1-12H3;/q-1;/i3D3,7D3,8D3,9D3,10D3,11D3,12D3;. The zero-order valence-corrected chi connectivity index (χ0v) is 37.0. The minimum Gasteiger partial charge on any atom is -0.507 e. The van der Waals surface area contributed by atoms with Crippen LogP contribution in [0, 0.1) is 26.8 Å². The van der Waals surface area contributed by atoms with Crippen molar-refractivity contribution >= 4 is 11.0 Å². The first kappa shape index (κ1) is 24.9. The van der Waals surface area contributed by atoms with Gasteiger partial charge in [0.15, 0.2) is 0 Å². The first-order valence-electron chi connectivity index (χ1n) is 30.2. The first-order valence-corrected chi connectivity index (χ1v) is 19.7. The van der Waals surface area contributed by atoms with Gasteiger partial charge in [-0.15, -0.1) is 29.3 Å². The van der Waals surface area contributed by atoms with Gasteiger partial charge in [-0.05, 0) is 101 Å². The molecule has 0 atom stereocenters. The fourth-order valence-corrected chi connectivity index (χ4v) is 7.77. The number of fused-ring (bicyclic) bond motifs is 1. The van der Waals surface area contributed by atoms with Gasteiger partial charge in [0.05, 0.1) is 22.3 Å². The molecule has 0 aliphatic carbocycles. The number of nitrogens with zero attached hydrogens (tertiary/aromatic N) is 3. The van der Waals surface area contributed by atoms with Crippen LogP contribution in [0.25, 0.3) is 72.7 Å². The summed E-state index contributed by atoms with van der Waals surface area (Å²) in [5.74, 6) is -2.14. The molecule has 2 aromatic heterocycles. The summed E-state index contributed by atoms with van der Waals surface area (Å²) in [6.45, 7) is -18.0. The number of aromatic nitrogens is 3. The molecule has 0 bridgehead atoms. The quantitative estimate of drug-likeness (QED) is 0.169. The van der Waals surface area contributed by atoms with Crippen molar-refractivity contribution < 1.29 is 55.0 Å². The number of aryl methyl sites for hydroxylation is 3. The number of aromatic hydroxyl groups is 1. The van der Waals surface area contributed by atoms with E-state index in [0.29, 0.717) is 34.0 Å². The Labute approximate surface area is 412 Å². The Hall–Kier alpha value is -5.57. The van der Waals surface area contributed by atoms with Crippen LogP contribution in [-0.4, -0.2) is 19.6 Å². The molecule has 0 aliphatic heterocycles. The zero-order chi connectivity index (χ0) is 61.1. The molecule has 0 radical (unpaired) electrons. The van der Waals surface area contributed by atoms with Crippen LogP contribution in [0.2, 0.25) is 0 Å². The smallest absolute Gasteiger partial charge is 0.148 e. The van der Waals surface area contributed by atoms with Crippen LogP contribution in [0.4, 0.5) is 0 Å². The molecule has 0 saturated carbocycles. The van der Waals surface area contributed by atoms with E-state index in [1.54, 1.807) is 54.7 Å². The van der Waals surface area contributed by atoms with Crippen molar-refractivity contribution in [2.24, 2.45) is 0 Å². The second kappa shape index (κ2) is 16.6. The molecule has 5 heteroatoms. The van der Waals surface area contributed by atoms with Gasteiger partial charge in [-0.1, -0.05) is 163 Å². The normalized spacial score (nSPS) is 18.6. The summed E-state index contributed by atoms with van der Waals surface area (Å²) < 4.78 is 185. The summed E-state index contributed by atoms with van der Waals surface area (Å²) >= 11 is 0. The number of rotatable bonds is 6. The van der Waals surface area contributed by atoms with Gasteiger partial charge in [-0.2, -0.15) is 0 Å². The van der Waals surface area contributed by atoms with Crippen molar-refractivity contribution in [2.75, 3.05) is 0 Å². The maximum absolute atomic E-state index is 12.9. The molecule has 1 N–H and O–H groups in total. The Bertz CT molecular complexity index is 3650. The molecule has 8 rings (SSSR count). The van der Waals surface area contributed by atoms with E-state index in [-0.39, 0.29) is 55.0 Å². The predicted molar refractivity (Wildman–Crippen MR) is 257 cm³/mol. The largest absolute Gasteiger partial charge is 0.507 e. The van der Waals surface area contributed by atoms with Gasteiger partial charge in [0.25, 0.3) is 0 Å². The van der Waals surface area contributed by atoms with Gasteiger partial charge in [0.2, 0.25) is 0 Å². The average molecular weight is 1020 g/mol. The number of hydrogen-bond acceptors (Lipinski definition) is 3. The van der Waals surface area contributed by atoms with Gasteiger partial charge in [-0.25, -0.2) is 4.98 Å². The van der Waals surface area contributed by atoms with E-state index in [4.69, 9.17) is 38.8 Å². The van der Waals surface area contributed by atoms with Crippen molar-refractivity contribution in [3.63, 3.8) is 0 Å². The van der Waals surface area contributed by atoms with Crippen LogP contribution in [0.15, 0.2) is 128 Å². The topological polar surface area (TPSA) is 50.9 Å². The number of pyridine rings is 1. The maximum atomic E-state index is 12.9. The monoisotopic (exact) mass is 1020 g/mol. The summed E-state index contributed by atoms with van der Waals surface area (Å²) in [6, 6.07) is 35.8. The minimum atomic E-state index is -4.22. The molecule has 0 fully saturated rings. The molecule has 0 amide bonds. The molecule has 0 unspecified atom stereocenters. The molecular formula is C57H58N3OPt-. The number of phenols is 1. The van der Waals surface area contributed by atoms with Gasteiger partial charge in [-0.3, -0.25) is 9.55 Å². The zero-order valence-electron chi connectivity index (χ0n) is 55.7. The van der Waals surface area contributed by atoms with E-state index >= 15 is 0 Å². The fourth-order valence-electron chi connectivity index (χ4n) is 7.77. The molecular weight excluding hydrogens is 938 g/mol. The molecule has 0 saturated heterocycles. The SMILES string of the molecule is [2H]C([2H])([2H])c1cc(-c2ccccc2)ccc1-n1c(-c2cc(C(C([2H])([2H])[2H])(C([2H])([2H])[2H])C([2H])([2H])[2H])cc(C(C([2H])([2H])[2H])(C([2H])([2H])[2H])C([2H])([2H])[2H])c2O)nc2c(-c3[c-]c(-c4cc(-c5cc(C)cc(C)c5)ccn4)cc(C(C)(C)C)c3)cccc21.[Pt]. The van der Waals surface area contributed by atoms with Crippen molar-refractivity contribution in [1.82, 2.24) is 14.5 Å². The Morgan fingerprint density at radius 2 is 1.31 bits per heavy atom. The van der Waals surface area contributed by atoms with Crippen LogP contribution in [0.5, 0.6) is 5.75 Å². The molecule has 0 spiro atoms. The van der Waals surface area contributed by atoms with E-state index in [0.717, 1.165) is 27.8 Å². The number of hydrogen-bond donors (Lipinski definition) is 1. The van der Waals surface area contributed by atoms with Crippen LogP contribution in [0.1, 0.15) is 124 Å². The number of benzene rings is 6. The van der Waals surface area contributed by atoms with Crippen LogP contribution in [-0.2, 0) is 37.3 Å². The molecule has 6 aromatic carbocycles. The summed E-state index contributed by atoms with van der Waals surface area (Å²) in [5.41, 5.74) is -5.83. The Balaban J connectivity index is 0.00000990. The molecule has 0 aliphatic rings. The Morgan fingerprint density at radius 3 is 2.00 bits per heavy atom. The molecule has 62 heavy (non-hydrogen) atoms. The van der Waals surface area contributed by atoms with E-state index < -0.39 is 92.5 Å². The van der Waals surface area contributed by atoms with Crippen LogP contribution < -0.4 is 0 Å². The minimum absolute atomic E-state index is 0. The fraction of sp³-hybridized carbons (Fsp3) is 0.263. The van der Waals surface area contributed by atoms with Gasteiger partial charge in [0.1, 0.15) is 11.6 Å². The third-order valence-corrected chi connectivity index (χ3v) is 10.8. The molecule has 318 valence electrons. The Morgan fingerprint density at radius 1 is 0.613 bits per heavy atom.